The standard InChI is InChI=1S/C16H24N2O4S/c1-11(12-6-5-7-23-12)17-16(8-13(19)20)9-18(10-16)14(21)22-15(2,3)4/h5-7,11,17H,8-10H2,1-4H3,(H,19,20). The van der Waals surface area contributed by atoms with Crippen molar-refractivity contribution in [1.82, 2.24) is 10.2 Å². The summed E-state index contributed by atoms with van der Waals surface area (Å²) in [4.78, 5) is 26.0. The Bertz CT molecular complexity index is 559. The fourth-order valence-electron chi connectivity index (χ4n) is 2.75. The van der Waals surface area contributed by atoms with Crippen molar-refractivity contribution in [3.63, 3.8) is 0 Å². The molecule has 0 aromatic carbocycles. The number of nitrogens with zero attached hydrogens (tertiary/aromatic N) is 1. The third-order valence-electron chi connectivity index (χ3n) is 3.62. The number of carbonyl (C=O) groups excluding carboxylic acids is 1. The average Bonchev–Trinajstić information content (AvgIpc) is 2.85. The largest absolute Gasteiger partial charge is 0.481 e. The van der Waals surface area contributed by atoms with Gasteiger partial charge in [0.15, 0.2) is 0 Å². The van der Waals surface area contributed by atoms with Gasteiger partial charge in [-0.25, -0.2) is 4.79 Å². The molecule has 6 nitrogen and oxygen atoms in total. The molecular weight excluding hydrogens is 316 g/mol. The maximum atomic E-state index is 12.1. The monoisotopic (exact) mass is 340 g/mol. The van der Waals surface area contributed by atoms with Gasteiger partial charge in [0.1, 0.15) is 5.60 Å². The van der Waals surface area contributed by atoms with E-state index in [4.69, 9.17) is 4.74 Å². The Morgan fingerprint density at radius 2 is 2.13 bits per heavy atom. The molecule has 0 saturated carbocycles. The number of aliphatic carboxylic acids is 1. The first-order chi connectivity index (χ1) is 10.6. The molecule has 0 aliphatic carbocycles. The number of carboxylic acid groups (broad SMARTS) is 1. The van der Waals surface area contributed by atoms with E-state index in [1.807, 2.05) is 45.2 Å². The molecule has 2 N–H and O–H groups in total. The Morgan fingerprint density at radius 3 is 2.61 bits per heavy atom. The number of likely N-dealkylation sites (tertiary alicyclic amines) is 1. The van der Waals surface area contributed by atoms with Crippen LogP contribution in [0.4, 0.5) is 4.79 Å². The van der Waals surface area contributed by atoms with Crippen LogP contribution in [0.5, 0.6) is 0 Å². The number of thiophene rings is 1. The maximum absolute atomic E-state index is 12.1. The minimum atomic E-state index is -0.875. The van der Waals surface area contributed by atoms with Crippen molar-refractivity contribution < 1.29 is 19.4 Å². The number of rotatable bonds is 5. The van der Waals surface area contributed by atoms with Crippen molar-refractivity contribution in [2.24, 2.45) is 0 Å². The van der Waals surface area contributed by atoms with Crippen molar-refractivity contribution in [3.05, 3.63) is 22.4 Å². The van der Waals surface area contributed by atoms with Crippen LogP contribution in [0.2, 0.25) is 0 Å². The van der Waals surface area contributed by atoms with Crippen LogP contribution in [0.3, 0.4) is 0 Å². The minimum absolute atomic E-state index is 0.0258. The lowest BCUT2D eigenvalue weighted by molar-refractivity contribution is -0.141. The third kappa shape index (κ3) is 4.68. The van der Waals surface area contributed by atoms with Crippen molar-refractivity contribution in [2.45, 2.75) is 51.3 Å². The molecule has 1 saturated heterocycles. The first-order valence-electron chi connectivity index (χ1n) is 7.61. The SMILES string of the molecule is CC(NC1(CC(=O)O)CN(C(=O)OC(C)(C)C)C1)c1cccs1. The summed E-state index contributed by atoms with van der Waals surface area (Å²) in [6, 6.07) is 4.02. The molecule has 0 spiro atoms. The molecule has 2 rings (SSSR count). The van der Waals surface area contributed by atoms with Gasteiger partial charge in [-0.1, -0.05) is 6.07 Å². The van der Waals surface area contributed by atoms with Gasteiger partial charge >= 0.3 is 12.1 Å². The molecule has 2 heterocycles. The summed E-state index contributed by atoms with van der Waals surface area (Å²) < 4.78 is 5.33. The summed E-state index contributed by atoms with van der Waals surface area (Å²) in [5, 5.41) is 14.6. The Balaban J connectivity index is 2.00. The maximum Gasteiger partial charge on any atom is 0.410 e. The highest BCUT2D eigenvalue weighted by Crippen LogP contribution is 2.31. The molecule has 1 unspecified atom stereocenters. The summed E-state index contributed by atoms with van der Waals surface area (Å²) in [5.41, 5.74) is -1.16. The Kier molecular flexibility index (Phi) is 5.01. The molecule has 23 heavy (non-hydrogen) atoms. The smallest absolute Gasteiger partial charge is 0.410 e. The number of carboxylic acids is 1. The van der Waals surface area contributed by atoms with E-state index < -0.39 is 23.2 Å². The fourth-order valence-corrected chi connectivity index (χ4v) is 3.49. The second-order valence-electron chi connectivity index (χ2n) is 7.07. The van der Waals surface area contributed by atoms with Crippen LogP contribution in [0.1, 0.15) is 45.0 Å². The molecule has 1 aliphatic rings. The zero-order chi connectivity index (χ0) is 17.3. The number of hydrogen-bond acceptors (Lipinski definition) is 5. The van der Waals surface area contributed by atoms with Crippen molar-refractivity contribution in [1.29, 1.82) is 0 Å². The van der Waals surface area contributed by atoms with Gasteiger partial charge in [0.2, 0.25) is 0 Å². The van der Waals surface area contributed by atoms with Crippen LogP contribution in [0.15, 0.2) is 17.5 Å². The highest BCUT2D eigenvalue weighted by atomic mass is 32.1. The zero-order valence-corrected chi connectivity index (χ0v) is 14.8. The number of hydrogen-bond donors (Lipinski definition) is 2. The first-order valence-corrected chi connectivity index (χ1v) is 8.49. The van der Waals surface area contributed by atoms with Gasteiger partial charge in [-0.05, 0) is 39.1 Å². The van der Waals surface area contributed by atoms with E-state index >= 15 is 0 Å². The van der Waals surface area contributed by atoms with Crippen LogP contribution in [-0.2, 0) is 9.53 Å². The lowest BCUT2D eigenvalue weighted by Gasteiger charge is -2.50. The summed E-state index contributed by atoms with van der Waals surface area (Å²) in [7, 11) is 0. The molecule has 1 aromatic heterocycles. The Morgan fingerprint density at radius 1 is 1.48 bits per heavy atom. The molecule has 0 bridgehead atoms. The van der Waals surface area contributed by atoms with Crippen molar-refractivity contribution in [3.8, 4) is 0 Å². The summed E-state index contributed by atoms with van der Waals surface area (Å²) >= 11 is 1.62. The van der Waals surface area contributed by atoms with Gasteiger partial charge in [0.25, 0.3) is 0 Å². The van der Waals surface area contributed by atoms with Crippen LogP contribution in [0, 0.1) is 0 Å². The molecule has 1 aliphatic heterocycles. The fraction of sp³-hybridized carbons (Fsp3) is 0.625. The summed E-state index contributed by atoms with van der Waals surface area (Å²) in [6.07, 6.45) is -0.425. The van der Waals surface area contributed by atoms with E-state index in [0.29, 0.717) is 13.1 Å². The van der Waals surface area contributed by atoms with Gasteiger partial charge in [0.05, 0.1) is 12.0 Å². The number of nitrogens with one attached hydrogen (secondary N) is 1. The quantitative estimate of drug-likeness (QED) is 0.862. The van der Waals surface area contributed by atoms with Gasteiger partial charge < -0.3 is 20.1 Å². The van der Waals surface area contributed by atoms with E-state index in [1.165, 1.54) is 0 Å². The van der Waals surface area contributed by atoms with Gasteiger partial charge in [-0.2, -0.15) is 0 Å². The highest BCUT2D eigenvalue weighted by molar-refractivity contribution is 7.10. The normalized spacial score (nSPS) is 18.2. The Hall–Kier alpha value is -1.60. The Labute approximate surface area is 140 Å². The third-order valence-corrected chi connectivity index (χ3v) is 4.68. The molecule has 128 valence electrons. The second kappa shape index (κ2) is 6.49. The van der Waals surface area contributed by atoms with Crippen LogP contribution in [0.25, 0.3) is 0 Å². The van der Waals surface area contributed by atoms with Gasteiger partial charge in [-0.3, -0.25) is 4.79 Å². The number of amides is 1. The van der Waals surface area contributed by atoms with Gasteiger partial charge in [-0.15, -0.1) is 11.3 Å². The van der Waals surface area contributed by atoms with Crippen LogP contribution >= 0.6 is 11.3 Å². The van der Waals surface area contributed by atoms with Crippen LogP contribution in [-0.4, -0.2) is 46.3 Å². The van der Waals surface area contributed by atoms with Gasteiger partial charge in [0, 0.05) is 24.0 Å². The molecule has 1 fully saturated rings. The van der Waals surface area contributed by atoms with E-state index in [2.05, 4.69) is 5.32 Å². The van der Waals surface area contributed by atoms with E-state index in [9.17, 15) is 14.7 Å². The van der Waals surface area contributed by atoms with E-state index in [-0.39, 0.29) is 12.5 Å². The first kappa shape index (κ1) is 17.7. The van der Waals surface area contributed by atoms with Crippen molar-refractivity contribution in [2.75, 3.05) is 13.1 Å². The lowest BCUT2D eigenvalue weighted by atomic mass is 9.85. The molecule has 1 atom stereocenters. The highest BCUT2D eigenvalue weighted by Gasteiger charge is 2.48. The summed E-state index contributed by atoms with van der Waals surface area (Å²) in [6.45, 7) is 8.12. The predicted octanol–water partition coefficient (Wildman–Crippen LogP) is 2.86. The van der Waals surface area contributed by atoms with Crippen molar-refractivity contribution >= 4 is 23.4 Å². The van der Waals surface area contributed by atoms with Crippen LogP contribution < -0.4 is 5.32 Å². The molecule has 1 aromatic rings. The van der Waals surface area contributed by atoms with E-state index in [0.717, 1.165) is 4.88 Å². The lowest BCUT2D eigenvalue weighted by Crippen LogP contribution is -2.71. The number of carbonyl (C=O) groups is 2. The second-order valence-corrected chi connectivity index (χ2v) is 8.05. The predicted molar refractivity (Wildman–Crippen MR) is 88.7 cm³/mol. The molecule has 7 heteroatoms. The molecular formula is C16H24N2O4S. The molecule has 1 amide bonds. The zero-order valence-electron chi connectivity index (χ0n) is 14.0. The summed E-state index contributed by atoms with van der Waals surface area (Å²) in [5.74, 6) is -0.875. The minimum Gasteiger partial charge on any atom is -0.481 e. The average molecular weight is 340 g/mol. The number of ether oxygens (including phenoxy) is 1. The molecule has 0 radical (unpaired) electrons. The topological polar surface area (TPSA) is 78.9 Å². The van der Waals surface area contributed by atoms with E-state index in [1.54, 1.807) is 16.2 Å².